The fraction of sp³-hybridized carbons (Fsp3) is 0.538. The topological polar surface area (TPSA) is 52.9 Å². The SMILES string of the molecule is CC(=O)Nc1sc(CC(C)(C)C)c(C)c1C#N. The van der Waals surface area contributed by atoms with Crippen molar-refractivity contribution >= 4 is 22.2 Å². The maximum Gasteiger partial charge on any atom is 0.221 e. The average molecular weight is 250 g/mol. The first-order chi connectivity index (χ1) is 7.74. The fourth-order valence-electron chi connectivity index (χ4n) is 1.59. The molecule has 1 heterocycles. The lowest BCUT2D eigenvalue weighted by molar-refractivity contribution is -0.114. The summed E-state index contributed by atoms with van der Waals surface area (Å²) < 4.78 is 0. The van der Waals surface area contributed by atoms with Crippen LogP contribution in [-0.2, 0) is 11.2 Å². The van der Waals surface area contributed by atoms with Crippen LogP contribution in [0.2, 0.25) is 0 Å². The smallest absolute Gasteiger partial charge is 0.221 e. The highest BCUT2D eigenvalue weighted by atomic mass is 32.1. The summed E-state index contributed by atoms with van der Waals surface area (Å²) >= 11 is 1.51. The summed E-state index contributed by atoms with van der Waals surface area (Å²) in [6.45, 7) is 9.89. The van der Waals surface area contributed by atoms with Gasteiger partial charge in [-0.25, -0.2) is 0 Å². The van der Waals surface area contributed by atoms with Crippen molar-refractivity contribution in [3.63, 3.8) is 0 Å². The lowest BCUT2D eigenvalue weighted by Gasteiger charge is -2.17. The Bertz CT molecular complexity index is 475. The van der Waals surface area contributed by atoms with E-state index in [0.717, 1.165) is 12.0 Å². The Hall–Kier alpha value is -1.34. The Labute approximate surface area is 106 Å². The van der Waals surface area contributed by atoms with E-state index in [1.807, 2.05) is 6.92 Å². The number of amides is 1. The van der Waals surface area contributed by atoms with Gasteiger partial charge in [0.2, 0.25) is 5.91 Å². The van der Waals surface area contributed by atoms with Gasteiger partial charge in [-0.15, -0.1) is 11.3 Å². The average Bonchev–Trinajstić information content (AvgIpc) is 2.39. The monoisotopic (exact) mass is 250 g/mol. The number of carbonyl (C=O) groups is 1. The van der Waals surface area contributed by atoms with Gasteiger partial charge in [0.05, 0.1) is 5.56 Å². The van der Waals surface area contributed by atoms with Crippen molar-refractivity contribution in [1.29, 1.82) is 5.26 Å². The van der Waals surface area contributed by atoms with Gasteiger partial charge in [0.15, 0.2) is 0 Å². The number of hydrogen-bond donors (Lipinski definition) is 1. The quantitative estimate of drug-likeness (QED) is 0.873. The van der Waals surface area contributed by atoms with E-state index in [4.69, 9.17) is 5.26 Å². The third-order valence-corrected chi connectivity index (χ3v) is 3.55. The van der Waals surface area contributed by atoms with E-state index < -0.39 is 0 Å². The van der Waals surface area contributed by atoms with E-state index in [9.17, 15) is 4.79 Å². The number of thiophene rings is 1. The maximum absolute atomic E-state index is 11.1. The first kappa shape index (κ1) is 13.7. The van der Waals surface area contributed by atoms with Crippen molar-refractivity contribution in [3.05, 3.63) is 16.0 Å². The number of hydrogen-bond acceptors (Lipinski definition) is 3. The molecule has 0 radical (unpaired) electrons. The molecule has 0 spiro atoms. The zero-order chi connectivity index (χ0) is 13.2. The number of rotatable bonds is 2. The summed E-state index contributed by atoms with van der Waals surface area (Å²) in [5.41, 5.74) is 1.77. The number of nitrogens with zero attached hydrogens (tertiary/aromatic N) is 1. The molecule has 1 N–H and O–H groups in total. The molecule has 1 aromatic heterocycles. The first-order valence-electron chi connectivity index (χ1n) is 5.54. The summed E-state index contributed by atoms with van der Waals surface area (Å²) in [6.07, 6.45) is 0.914. The van der Waals surface area contributed by atoms with Crippen LogP contribution in [0.4, 0.5) is 5.00 Å². The zero-order valence-electron chi connectivity index (χ0n) is 11.0. The summed E-state index contributed by atoms with van der Waals surface area (Å²) in [5.74, 6) is -0.134. The Kier molecular flexibility index (Phi) is 3.94. The minimum absolute atomic E-state index is 0.134. The summed E-state index contributed by atoms with van der Waals surface area (Å²) in [5, 5.41) is 12.5. The van der Waals surface area contributed by atoms with Crippen molar-refractivity contribution in [2.24, 2.45) is 5.41 Å². The van der Waals surface area contributed by atoms with Crippen molar-refractivity contribution in [2.75, 3.05) is 5.32 Å². The van der Waals surface area contributed by atoms with Crippen molar-refractivity contribution in [3.8, 4) is 6.07 Å². The van der Waals surface area contributed by atoms with Gasteiger partial charge < -0.3 is 5.32 Å². The van der Waals surface area contributed by atoms with E-state index in [1.165, 1.54) is 23.1 Å². The highest BCUT2D eigenvalue weighted by Crippen LogP contribution is 2.36. The van der Waals surface area contributed by atoms with Crippen molar-refractivity contribution < 1.29 is 4.79 Å². The molecule has 0 atom stereocenters. The van der Waals surface area contributed by atoms with Crippen molar-refractivity contribution in [2.45, 2.75) is 41.0 Å². The van der Waals surface area contributed by atoms with Crippen LogP contribution in [0.1, 0.15) is 43.7 Å². The van der Waals surface area contributed by atoms with Crippen LogP contribution in [0, 0.1) is 23.7 Å². The van der Waals surface area contributed by atoms with Gasteiger partial charge in [-0.2, -0.15) is 5.26 Å². The first-order valence-corrected chi connectivity index (χ1v) is 6.36. The van der Waals surface area contributed by atoms with E-state index >= 15 is 0 Å². The zero-order valence-corrected chi connectivity index (χ0v) is 11.8. The molecule has 0 aliphatic carbocycles. The Balaban J connectivity index is 3.14. The lowest BCUT2D eigenvalue weighted by atomic mass is 9.90. The molecule has 1 aromatic rings. The minimum atomic E-state index is -0.134. The standard InChI is InChI=1S/C13H18N2OS/c1-8-10(7-14)12(15-9(2)16)17-11(8)6-13(3,4)5/h6H2,1-5H3,(H,15,16). The van der Waals surface area contributed by atoms with Crippen LogP contribution in [0.3, 0.4) is 0 Å². The number of anilines is 1. The summed E-state index contributed by atoms with van der Waals surface area (Å²) in [7, 11) is 0. The second-order valence-electron chi connectivity index (χ2n) is 5.38. The van der Waals surface area contributed by atoms with E-state index in [0.29, 0.717) is 10.6 Å². The predicted molar refractivity (Wildman–Crippen MR) is 71.2 cm³/mol. The van der Waals surface area contributed by atoms with Gasteiger partial charge in [-0.3, -0.25) is 4.79 Å². The largest absolute Gasteiger partial charge is 0.317 e. The molecular weight excluding hydrogens is 232 g/mol. The molecule has 1 rings (SSSR count). The normalized spacial score (nSPS) is 11.1. The fourth-order valence-corrected chi connectivity index (χ4v) is 3.10. The molecule has 0 saturated heterocycles. The van der Waals surface area contributed by atoms with Crippen LogP contribution in [0.25, 0.3) is 0 Å². The van der Waals surface area contributed by atoms with Crippen LogP contribution >= 0.6 is 11.3 Å². The number of nitriles is 1. The molecule has 3 nitrogen and oxygen atoms in total. The van der Waals surface area contributed by atoms with Crippen molar-refractivity contribution in [1.82, 2.24) is 0 Å². The molecule has 0 saturated carbocycles. The molecule has 17 heavy (non-hydrogen) atoms. The van der Waals surface area contributed by atoms with Crippen LogP contribution in [0.15, 0.2) is 0 Å². The minimum Gasteiger partial charge on any atom is -0.317 e. The maximum atomic E-state index is 11.1. The molecule has 0 bridgehead atoms. The Morgan fingerprint density at radius 3 is 2.47 bits per heavy atom. The van der Waals surface area contributed by atoms with E-state index in [2.05, 4.69) is 32.2 Å². The third-order valence-electron chi connectivity index (χ3n) is 2.34. The van der Waals surface area contributed by atoms with Gasteiger partial charge in [-0.05, 0) is 24.3 Å². The van der Waals surface area contributed by atoms with E-state index in [1.54, 1.807) is 0 Å². The molecule has 0 aromatic carbocycles. The molecule has 1 amide bonds. The molecule has 92 valence electrons. The summed E-state index contributed by atoms with van der Waals surface area (Å²) in [6, 6.07) is 2.17. The second kappa shape index (κ2) is 4.89. The molecule has 0 aliphatic rings. The van der Waals surface area contributed by atoms with Gasteiger partial charge in [0.25, 0.3) is 0 Å². The highest BCUT2D eigenvalue weighted by Gasteiger charge is 2.20. The molecule has 4 heteroatoms. The Morgan fingerprint density at radius 1 is 1.47 bits per heavy atom. The summed E-state index contributed by atoms with van der Waals surface area (Å²) in [4.78, 5) is 12.3. The van der Waals surface area contributed by atoms with Gasteiger partial charge in [0, 0.05) is 11.8 Å². The second-order valence-corrected chi connectivity index (χ2v) is 6.49. The van der Waals surface area contributed by atoms with Gasteiger partial charge in [0.1, 0.15) is 11.1 Å². The lowest BCUT2D eigenvalue weighted by Crippen LogP contribution is -2.08. The molecule has 0 aliphatic heterocycles. The molecule has 0 fully saturated rings. The van der Waals surface area contributed by atoms with Crippen LogP contribution in [0.5, 0.6) is 0 Å². The third kappa shape index (κ3) is 3.57. The Morgan fingerprint density at radius 2 is 2.06 bits per heavy atom. The molecule has 0 unspecified atom stereocenters. The highest BCUT2D eigenvalue weighted by molar-refractivity contribution is 7.16. The van der Waals surface area contributed by atoms with Gasteiger partial charge in [-0.1, -0.05) is 20.8 Å². The number of nitrogens with one attached hydrogen (secondary N) is 1. The van der Waals surface area contributed by atoms with Crippen LogP contribution < -0.4 is 5.32 Å². The number of carbonyl (C=O) groups excluding carboxylic acids is 1. The van der Waals surface area contributed by atoms with Crippen LogP contribution in [-0.4, -0.2) is 5.91 Å². The van der Waals surface area contributed by atoms with Gasteiger partial charge >= 0.3 is 0 Å². The molecular formula is C13H18N2OS. The van der Waals surface area contributed by atoms with E-state index in [-0.39, 0.29) is 11.3 Å². The predicted octanol–water partition coefficient (Wildman–Crippen LogP) is 3.48.